The number of carbonyl (C=O) groups is 2. The number of carbonyl (C=O) groups excluding carboxylic acids is 2. The van der Waals surface area contributed by atoms with E-state index in [-0.39, 0.29) is 30.8 Å². The molecule has 0 spiro atoms. The van der Waals surface area contributed by atoms with Crippen LogP contribution in [0.5, 0.6) is 0 Å². The van der Waals surface area contributed by atoms with E-state index < -0.39 is 6.04 Å². The number of nitrogens with zero attached hydrogens (tertiary/aromatic N) is 1. The van der Waals surface area contributed by atoms with Gasteiger partial charge in [-0.15, -0.1) is 12.4 Å². The standard InChI is InChI=1S/C18H27N3O3.ClH/c1-12-8-13(2)10-21(9-12)18(23)14-6-4-5-7-16(14)20-17(22)15(19)11-24-3;/h4-7,12-13,15H,8-11,19H2,1-3H3,(H,20,22);1H. The van der Waals surface area contributed by atoms with Crippen LogP contribution in [0.4, 0.5) is 5.69 Å². The van der Waals surface area contributed by atoms with Gasteiger partial charge in [0.25, 0.3) is 5.91 Å². The molecule has 3 atom stereocenters. The molecule has 7 heteroatoms. The summed E-state index contributed by atoms with van der Waals surface area (Å²) in [5, 5.41) is 2.75. The molecule has 1 saturated heterocycles. The predicted molar refractivity (Wildman–Crippen MR) is 101 cm³/mol. The van der Waals surface area contributed by atoms with Crippen LogP contribution in [0.2, 0.25) is 0 Å². The van der Waals surface area contributed by atoms with Gasteiger partial charge in [-0.05, 0) is 30.4 Å². The van der Waals surface area contributed by atoms with E-state index in [2.05, 4.69) is 19.2 Å². The molecule has 1 aromatic rings. The SMILES string of the molecule is COCC(N)C(=O)Nc1ccccc1C(=O)N1CC(C)CC(C)C1.Cl. The van der Waals surface area contributed by atoms with Crippen molar-refractivity contribution in [2.45, 2.75) is 26.3 Å². The molecule has 3 unspecified atom stereocenters. The molecule has 0 saturated carbocycles. The van der Waals surface area contributed by atoms with Gasteiger partial charge in [0.1, 0.15) is 6.04 Å². The molecule has 1 fully saturated rings. The Bertz CT molecular complexity index is 587. The second-order valence-corrected chi connectivity index (χ2v) is 6.75. The number of ether oxygens (including phenoxy) is 1. The summed E-state index contributed by atoms with van der Waals surface area (Å²) < 4.78 is 4.90. The summed E-state index contributed by atoms with van der Waals surface area (Å²) in [5.41, 5.74) is 6.74. The first-order valence-electron chi connectivity index (χ1n) is 8.36. The minimum Gasteiger partial charge on any atom is -0.383 e. The van der Waals surface area contributed by atoms with Gasteiger partial charge in [0, 0.05) is 20.2 Å². The molecule has 2 rings (SSSR count). The van der Waals surface area contributed by atoms with Crippen LogP contribution in [-0.4, -0.2) is 49.6 Å². The average Bonchev–Trinajstić information content (AvgIpc) is 2.54. The van der Waals surface area contributed by atoms with Crippen LogP contribution in [-0.2, 0) is 9.53 Å². The summed E-state index contributed by atoms with van der Waals surface area (Å²) >= 11 is 0. The van der Waals surface area contributed by atoms with Gasteiger partial charge in [0.15, 0.2) is 0 Å². The first-order valence-corrected chi connectivity index (χ1v) is 8.36. The minimum absolute atomic E-state index is 0. The van der Waals surface area contributed by atoms with E-state index in [0.717, 1.165) is 19.5 Å². The number of nitrogens with two attached hydrogens (primary N) is 1. The molecule has 1 aliphatic rings. The highest BCUT2D eigenvalue weighted by Crippen LogP contribution is 2.25. The van der Waals surface area contributed by atoms with Gasteiger partial charge in [0.05, 0.1) is 17.9 Å². The number of halogens is 1. The van der Waals surface area contributed by atoms with Gasteiger partial charge in [0.2, 0.25) is 5.91 Å². The molecule has 3 N–H and O–H groups in total. The Kier molecular flexibility index (Phi) is 8.35. The van der Waals surface area contributed by atoms with Crippen molar-refractivity contribution in [1.82, 2.24) is 4.90 Å². The van der Waals surface area contributed by atoms with Crippen molar-refractivity contribution < 1.29 is 14.3 Å². The summed E-state index contributed by atoms with van der Waals surface area (Å²) in [7, 11) is 1.49. The van der Waals surface area contributed by atoms with E-state index in [9.17, 15) is 9.59 Å². The van der Waals surface area contributed by atoms with Gasteiger partial charge >= 0.3 is 0 Å². The van der Waals surface area contributed by atoms with E-state index in [1.165, 1.54) is 7.11 Å². The zero-order chi connectivity index (χ0) is 17.7. The van der Waals surface area contributed by atoms with Crippen LogP contribution in [0.1, 0.15) is 30.6 Å². The monoisotopic (exact) mass is 369 g/mol. The maximum Gasteiger partial charge on any atom is 0.255 e. The maximum atomic E-state index is 12.9. The number of methoxy groups -OCH3 is 1. The second kappa shape index (κ2) is 9.75. The van der Waals surface area contributed by atoms with Gasteiger partial charge in [-0.1, -0.05) is 26.0 Å². The zero-order valence-electron chi connectivity index (χ0n) is 15.0. The number of anilines is 1. The van der Waals surface area contributed by atoms with Crippen molar-refractivity contribution >= 4 is 29.9 Å². The first kappa shape index (κ1) is 21.4. The Morgan fingerprint density at radius 2 is 1.88 bits per heavy atom. The topological polar surface area (TPSA) is 84.7 Å². The summed E-state index contributed by atoms with van der Waals surface area (Å²) in [4.78, 5) is 26.9. The molecule has 1 heterocycles. The summed E-state index contributed by atoms with van der Waals surface area (Å²) in [5.74, 6) is 0.547. The molecule has 0 aromatic heterocycles. The zero-order valence-corrected chi connectivity index (χ0v) is 15.8. The van der Waals surface area contributed by atoms with Crippen LogP contribution in [0.25, 0.3) is 0 Å². The number of hydrogen-bond acceptors (Lipinski definition) is 4. The van der Waals surface area contributed by atoms with Crippen LogP contribution >= 0.6 is 12.4 Å². The van der Waals surface area contributed by atoms with E-state index in [0.29, 0.717) is 23.1 Å². The van der Waals surface area contributed by atoms with E-state index >= 15 is 0 Å². The Hall–Kier alpha value is -1.63. The number of hydrogen-bond donors (Lipinski definition) is 2. The molecule has 2 amide bonds. The summed E-state index contributed by atoms with van der Waals surface area (Å²) in [6.07, 6.45) is 1.13. The molecule has 1 aliphatic heterocycles. The van der Waals surface area contributed by atoms with Gasteiger partial charge in [-0.25, -0.2) is 0 Å². The highest BCUT2D eigenvalue weighted by atomic mass is 35.5. The number of benzene rings is 1. The largest absolute Gasteiger partial charge is 0.383 e. The van der Waals surface area contributed by atoms with Gasteiger partial charge < -0.3 is 20.7 Å². The molecule has 6 nitrogen and oxygen atoms in total. The molecule has 140 valence electrons. The Labute approximate surface area is 155 Å². The lowest BCUT2D eigenvalue weighted by Gasteiger charge is -2.35. The van der Waals surface area contributed by atoms with Crippen molar-refractivity contribution in [2.24, 2.45) is 17.6 Å². The van der Waals surface area contributed by atoms with Crippen molar-refractivity contribution in [3.05, 3.63) is 29.8 Å². The number of piperidine rings is 1. The smallest absolute Gasteiger partial charge is 0.255 e. The lowest BCUT2D eigenvalue weighted by atomic mass is 9.91. The second-order valence-electron chi connectivity index (χ2n) is 6.75. The fraction of sp³-hybridized carbons (Fsp3) is 0.556. The number of nitrogens with one attached hydrogen (secondary N) is 1. The van der Waals surface area contributed by atoms with Crippen LogP contribution in [0.15, 0.2) is 24.3 Å². The summed E-state index contributed by atoms with van der Waals surface area (Å²) in [6, 6.07) is 6.28. The maximum absolute atomic E-state index is 12.9. The molecule has 0 radical (unpaired) electrons. The molecular formula is C18H28ClN3O3. The first-order chi connectivity index (χ1) is 11.4. The normalized spacial score (nSPS) is 21.2. The average molecular weight is 370 g/mol. The van der Waals surface area contributed by atoms with Gasteiger partial charge in [-0.2, -0.15) is 0 Å². The minimum atomic E-state index is -0.770. The fourth-order valence-corrected chi connectivity index (χ4v) is 3.26. The van der Waals surface area contributed by atoms with Crippen LogP contribution < -0.4 is 11.1 Å². The van der Waals surface area contributed by atoms with Gasteiger partial charge in [-0.3, -0.25) is 9.59 Å². The lowest BCUT2D eigenvalue weighted by molar-refractivity contribution is -0.118. The van der Waals surface area contributed by atoms with E-state index in [4.69, 9.17) is 10.5 Å². The Balaban J connectivity index is 0.00000312. The van der Waals surface area contributed by atoms with Crippen LogP contribution in [0, 0.1) is 11.8 Å². The third kappa shape index (κ3) is 5.70. The molecule has 1 aromatic carbocycles. The quantitative estimate of drug-likeness (QED) is 0.832. The highest BCUT2D eigenvalue weighted by Gasteiger charge is 2.27. The van der Waals surface area contributed by atoms with Crippen molar-refractivity contribution in [2.75, 3.05) is 32.1 Å². The van der Waals surface area contributed by atoms with Crippen molar-refractivity contribution in [3.63, 3.8) is 0 Å². The van der Waals surface area contributed by atoms with Crippen molar-refractivity contribution in [3.8, 4) is 0 Å². The van der Waals surface area contributed by atoms with Crippen LogP contribution in [0.3, 0.4) is 0 Å². The van der Waals surface area contributed by atoms with Crippen molar-refractivity contribution in [1.29, 1.82) is 0 Å². The Morgan fingerprint density at radius 3 is 2.48 bits per heavy atom. The number of rotatable bonds is 5. The number of amides is 2. The Morgan fingerprint density at radius 1 is 1.28 bits per heavy atom. The molecular weight excluding hydrogens is 342 g/mol. The molecule has 25 heavy (non-hydrogen) atoms. The number of likely N-dealkylation sites (tertiary alicyclic amines) is 1. The predicted octanol–water partition coefficient (Wildman–Crippen LogP) is 2.14. The third-order valence-corrected chi connectivity index (χ3v) is 4.25. The number of para-hydroxylation sites is 1. The van der Waals surface area contributed by atoms with E-state index in [1.807, 2.05) is 4.90 Å². The highest BCUT2D eigenvalue weighted by molar-refractivity contribution is 6.04. The van der Waals surface area contributed by atoms with E-state index in [1.54, 1.807) is 24.3 Å². The fourth-order valence-electron chi connectivity index (χ4n) is 3.26. The molecule has 0 bridgehead atoms. The summed E-state index contributed by atoms with van der Waals surface area (Å²) in [6.45, 7) is 5.94. The third-order valence-electron chi connectivity index (χ3n) is 4.25. The molecule has 0 aliphatic carbocycles. The lowest BCUT2D eigenvalue weighted by Crippen LogP contribution is -2.43.